The highest BCUT2D eigenvalue weighted by Crippen LogP contribution is 2.26. The van der Waals surface area contributed by atoms with Gasteiger partial charge in [-0.15, -0.1) is 0 Å². The molecule has 1 N–H and O–H groups in total. The molecule has 1 heterocycles. The number of nitrogens with one attached hydrogen (secondary N) is 1. The van der Waals surface area contributed by atoms with Crippen molar-refractivity contribution in [2.24, 2.45) is 0 Å². The Balaban J connectivity index is 1.78. The fourth-order valence-electron chi connectivity index (χ4n) is 2.56. The monoisotopic (exact) mass is 439 g/mol. The summed E-state index contributed by atoms with van der Waals surface area (Å²) in [6.07, 6.45) is -5.09. The molecule has 1 atom stereocenters. The van der Waals surface area contributed by atoms with Crippen LogP contribution in [-0.2, 0) is 9.53 Å². The maximum atomic E-state index is 13.4. The van der Waals surface area contributed by atoms with Crippen molar-refractivity contribution >= 4 is 23.4 Å². The standard InChI is InChI=1S/C20H14ClF4N3O2/c21-14-8-13(6-7-15(14)22)16-9-18(28-11-27-16)26-10-17(12-4-2-1-3-5-12)30-19(29)20(23,24)25/h1-9,11,17H,10H2,(H,26,27,28)/t17-/m0/s1. The molecule has 0 aliphatic carbocycles. The highest BCUT2D eigenvalue weighted by atomic mass is 35.5. The van der Waals surface area contributed by atoms with Gasteiger partial charge < -0.3 is 10.1 Å². The van der Waals surface area contributed by atoms with Gasteiger partial charge in [0, 0.05) is 11.6 Å². The third-order valence-electron chi connectivity index (χ3n) is 4.00. The van der Waals surface area contributed by atoms with Crippen LogP contribution in [0.4, 0.5) is 23.4 Å². The summed E-state index contributed by atoms with van der Waals surface area (Å²) >= 11 is 5.78. The largest absolute Gasteiger partial charge is 0.490 e. The van der Waals surface area contributed by atoms with E-state index in [4.69, 9.17) is 11.6 Å². The van der Waals surface area contributed by atoms with E-state index in [9.17, 15) is 22.4 Å². The number of esters is 1. The Labute approximate surface area is 173 Å². The van der Waals surface area contributed by atoms with Gasteiger partial charge in [0.2, 0.25) is 0 Å². The molecule has 0 aliphatic heterocycles. The second kappa shape index (κ2) is 9.08. The fraction of sp³-hybridized carbons (Fsp3) is 0.150. The number of hydrogen-bond acceptors (Lipinski definition) is 5. The van der Waals surface area contributed by atoms with Crippen LogP contribution in [0.15, 0.2) is 60.9 Å². The van der Waals surface area contributed by atoms with Crippen LogP contribution >= 0.6 is 11.6 Å². The van der Waals surface area contributed by atoms with Gasteiger partial charge in [-0.3, -0.25) is 0 Å². The van der Waals surface area contributed by atoms with E-state index >= 15 is 0 Å². The summed E-state index contributed by atoms with van der Waals surface area (Å²) in [6, 6.07) is 13.6. The van der Waals surface area contributed by atoms with Crippen LogP contribution in [0.2, 0.25) is 5.02 Å². The van der Waals surface area contributed by atoms with Crippen molar-refractivity contribution in [3.63, 3.8) is 0 Å². The lowest BCUT2D eigenvalue weighted by Gasteiger charge is -2.20. The smallest absolute Gasteiger partial charge is 0.449 e. The van der Waals surface area contributed by atoms with E-state index in [1.807, 2.05) is 0 Å². The van der Waals surface area contributed by atoms with Gasteiger partial charge in [0.05, 0.1) is 17.3 Å². The molecule has 0 bridgehead atoms. The van der Waals surface area contributed by atoms with Gasteiger partial charge in [0.25, 0.3) is 0 Å². The van der Waals surface area contributed by atoms with E-state index in [1.165, 1.54) is 30.6 Å². The number of halogens is 5. The number of carbonyl (C=O) groups is 1. The topological polar surface area (TPSA) is 64.1 Å². The van der Waals surface area contributed by atoms with Crippen LogP contribution in [0, 0.1) is 5.82 Å². The summed E-state index contributed by atoms with van der Waals surface area (Å²) in [5, 5.41) is 2.75. The summed E-state index contributed by atoms with van der Waals surface area (Å²) in [6.45, 7) is -0.174. The second-order valence-electron chi connectivity index (χ2n) is 6.10. The van der Waals surface area contributed by atoms with Gasteiger partial charge in [-0.25, -0.2) is 19.2 Å². The molecule has 5 nitrogen and oxygen atoms in total. The molecule has 156 valence electrons. The zero-order chi connectivity index (χ0) is 21.7. The van der Waals surface area contributed by atoms with Gasteiger partial charge in [-0.1, -0.05) is 41.9 Å². The van der Waals surface area contributed by atoms with Crippen molar-refractivity contribution in [3.8, 4) is 11.3 Å². The lowest BCUT2D eigenvalue weighted by molar-refractivity contribution is -0.204. The van der Waals surface area contributed by atoms with E-state index in [0.29, 0.717) is 16.8 Å². The first-order valence-corrected chi connectivity index (χ1v) is 8.96. The summed E-state index contributed by atoms with van der Waals surface area (Å²) in [5.41, 5.74) is 1.31. The molecule has 0 saturated heterocycles. The molecule has 10 heteroatoms. The number of ether oxygens (including phenoxy) is 1. The molecule has 3 rings (SSSR count). The van der Waals surface area contributed by atoms with E-state index in [1.54, 1.807) is 30.3 Å². The lowest BCUT2D eigenvalue weighted by atomic mass is 10.1. The third kappa shape index (κ3) is 5.44. The Bertz CT molecular complexity index is 1030. The van der Waals surface area contributed by atoms with Crippen molar-refractivity contribution in [1.29, 1.82) is 0 Å². The SMILES string of the molecule is O=C(O[C@@H](CNc1cc(-c2ccc(F)c(Cl)c2)ncn1)c1ccccc1)C(F)(F)F. The maximum Gasteiger partial charge on any atom is 0.490 e. The molecule has 30 heavy (non-hydrogen) atoms. The molecule has 0 saturated carbocycles. The third-order valence-corrected chi connectivity index (χ3v) is 4.29. The molecule has 0 unspecified atom stereocenters. The first-order chi connectivity index (χ1) is 14.2. The number of nitrogens with zero attached hydrogens (tertiary/aromatic N) is 2. The predicted molar refractivity (Wildman–Crippen MR) is 102 cm³/mol. The second-order valence-corrected chi connectivity index (χ2v) is 6.51. The maximum absolute atomic E-state index is 13.4. The summed E-state index contributed by atoms with van der Waals surface area (Å²) in [4.78, 5) is 19.4. The van der Waals surface area contributed by atoms with Crippen LogP contribution in [0.1, 0.15) is 11.7 Å². The fourth-order valence-corrected chi connectivity index (χ4v) is 2.74. The summed E-state index contributed by atoms with van der Waals surface area (Å²) in [5.74, 6) is -2.60. The molecule has 2 aromatic carbocycles. The molecule has 1 aromatic heterocycles. The van der Waals surface area contributed by atoms with E-state index < -0.39 is 24.1 Å². The molecule has 0 radical (unpaired) electrons. The number of alkyl halides is 3. The van der Waals surface area contributed by atoms with Crippen LogP contribution in [0.3, 0.4) is 0 Å². The van der Waals surface area contributed by atoms with Crippen molar-refractivity contribution < 1.29 is 27.1 Å². The minimum Gasteiger partial charge on any atom is -0.449 e. The van der Waals surface area contributed by atoms with Crippen molar-refractivity contribution in [2.45, 2.75) is 12.3 Å². The van der Waals surface area contributed by atoms with Crippen LogP contribution in [0.25, 0.3) is 11.3 Å². The highest BCUT2D eigenvalue weighted by molar-refractivity contribution is 6.31. The van der Waals surface area contributed by atoms with Gasteiger partial charge in [-0.05, 0) is 23.8 Å². The number of carbonyl (C=O) groups excluding carboxylic acids is 1. The van der Waals surface area contributed by atoms with E-state index in [-0.39, 0.29) is 17.4 Å². The van der Waals surface area contributed by atoms with Gasteiger partial charge >= 0.3 is 12.1 Å². The minimum atomic E-state index is -5.11. The van der Waals surface area contributed by atoms with Crippen LogP contribution < -0.4 is 5.32 Å². The average molecular weight is 440 g/mol. The predicted octanol–water partition coefficient (Wildman–Crippen LogP) is 5.19. The molecular weight excluding hydrogens is 426 g/mol. The number of benzene rings is 2. The molecule has 0 spiro atoms. The van der Waals surface area contributed by atoms with Crippen molar-refractivity contribution in [1.82, 2.24) is 9.97 Å². The first-order valence-electron chi connectivity index (χ1n) is 8.58. The number of anilines is 1. The first kappa shape index (κ1) is 21.5. The van der Waals surface area contributed by atoms with Crippen molar-refractivity contribution in [3.05, 3.63) is 77.3 Å². The van der Waals surface area contributed by atoms with Crippen molar-refractivity contribution in [2.75, 3.05) is 11.9 Å². The molecule has 0 amide bonds. The highest BCUT2D eigenvalue weighted by Gasteiger charge is 2.42. The van der Waals surface area contributed by atoms with E-state index in [0.717, 1.165) is 0 Å². The van der Waals surface area contributed by atoms with Gasteiger partial charge in [-0.2, -0.15) is 13.2 Å². The van der Waals surface area contributed by atoms with Crippen LogP contribution in [0.5, 0.6) is 0 Å². The van der Waals surface area contributed by atoms with Crippen LogP contribution in [-0.4, -0.2) is 28.7 Å². The Morgan fingerprint density at radius 1 is 1.10 bits per heavy atom. The summed E-state index contributed by atoms with van der Waals surface area (Å²) < 4.78 is 55.9. The Morgan fingerprint density at radius 3 is 2.50 bits per heavy atom. The number of aromatic nitrogens is 2. The zero-order valence-electron chi connectivity index (χ0n) is 15.2. The molecule has 3 aromatic rings. The van der Waals surface area contributed by atoms with Gasteiger partial charge in [0.15, 0.2) is 0 Å². The molecule has 0 fully saturated rings. The van der Waals surface area contributed by atoms with Gasteiger partial charge in [0.1, 0.15) is 24.1 Å². The number of rotatable bonds is 6. The molecule has 0 aliphatic rings. The van der Waals surface area contributed by atoms with E-state index in [2.05, 4.69) is 20.0 Å². The Morgan fingerprint density at radius 2 is 1.83 bits per heavy atom. The zero-order valence-corrected chi connectivity index (χ0v) is 15.9. The number of hydrogen-bond donors (Lipinski definition) is 1. The minimum absolute atomic E-state index is 0.0798. The Hall–Kier alpha value is -3.20. The quantitative estimate of drug-likeness (QED) is 0.423. The lowest BCUT2D eigenvalue weighted by Crippen LogP contribution is -2.29. The normalized spacial score (nSPS) is 12.3. The molecular formula is C20H14ClF4N3O2. The Kier molecular flexibility index (Phi) is 6.51. The average Bonchev–Trinajstić information content (AvgIpc) is 2.73. The summed E-state index contributed by atoms with van der Waals surface area (Å²) in [7, 11) is 0.